The molecule has 84 valence electrons. The van der Waals surface area contributed by atoms with Crippen molar-refractivity contribution in [1.82, 2.24) is 4.90 Å². The van der Waals surface area contributed by atoms with Crippen LogP contribution in [-0.2, 0) is 4.79 Å². The van der Waals surface area contributed by atoms with E-state index in [0.717, 1.165) is 0 Å². The van der Waals surface area contributed by atoms with E-state index in [1.54, 1.807) is 11.9 Å². The minimum absolute atomic E-state index is 0.0366. The van der Waals surface area contributed by atoms with Crippen molar-refractivity contribution >= 4 is 5.91 Å². The molecular weight excluding hydrogens is 180 g/mol. The number of nitrogens with two attached hydrogens (primary N) is 1. The molecule has 3 N–H and O–H groups in total. The number of hydrogen-bond donors (Lipinski definition) is 2. The lowest BCUT2D eigenvalue weighted by molar-refractivity contribution is -0.140. The first-order valence-electron chi connectivity index (χ1n) is 4.95. The van der Waals surface area contributed by atoms with Crippen molar-refractivity contribution in [3.05, 3.63) is 0 Å². The highest BCUT2D eigenvalue weighted by molar-refractivity contribution is 5.78. The molecule has 0 radical (unpaired) electrons. The molecule has 1 amide bonds. The SMILES string of the molecule is CC(CCN)C(=O)N(C)C(C)(C)CO. The summed E-state index contributed by atoms with van der Waals surface area (Å²) in [7, 11) is 1.71. The molecule has 0 bridgehead atoms. The molecule has 4 nitrogen and oxygen atoms in total. The van der Waals surface area contributed by atoms with Gasteiger partial charge in [0.25, 0.3) is 0 Å². The van der Waals surface area contributed by atoms with Crippen LogP contribution in [0.1, 0.15) is 27.2 Å². The predicted octanol–water partition coefficient (Wildman–Crippen LogP) is 0.201. The Morgan fingerprint density at radius 2 is 2.07 bits per heavy atom. The van der Waals surface area contributed by atoms with Crippen LogP contribution in [0.5, 0.6) is 0 Å². The van der Waals surface area contributed by atoms with Gasteiger partial charge in [0, 0.05) is 13.0 Å². The maximum absolute atomic E-state index is 11.8. The number of nitrogens with zero attached hydrogens (tertiary/aromatic N) is 1. The van der Waals surface area contributed by atoms with Crippen LogP contribution < -0.4 is 5.73 Å². The lowest BCUT2D eigenvalue weighted by Gasteiger charge is -2.35. The Balaban J connectivity index is 4.38. The Bertz CT molecular complexity index is 193. The number of carbonyl (C=O) groups excluding carboxylic acids is 1. The van der Waals surface area contributed by atoms with E-state index >= 15 is 0 Å². The fourth-order valence-corrected chi connectivity index (χ4v) is 1.11. The van der Waals surface area contributed by atoms with Gasteiger partial charge in [-0.15, -0.1) is 0 Å². The van der Waals surface area contributed by atoms with Crippen LogP contribution in [0.25, 0.3) is 0 Å². The number of carbonyl (C=O) groups is 1. The molecule has 0 aliphatic carbocycles. The maximum atomic E-state index is 11.8. The molecule has 0 saturated carbocycles. The number of likely N-dealkylation sites (N-methyl/N-ethyl adjacent to an activating group) is 1. The molecular formula is C10H22N2O2. The van der Waals surface area contributed by atoms with Gasteiger partial charge in [-0.1, -0.05) is 6.92 Å². The van der Waals surface area contributed by atoms with Crippen molar-refractivity contribution < 1.29 is 9.90 Å². The van der Waals surface area contributed by atoms with E-state index in [9.17, 15) is 4.79 Å². The molecule has 0 spiro atoms. The summed E-state index contributed by atoms with van der Waals surface area (Å²) < 4.78 is 0. The van der Waals surface area contributed by atoms with Crippen LogP contribution in [0.3, 0.4) is 0 Å². The first-order valence-corrected chi connectivity index (χ1v) is 4.95. The van der Waals surface area contributed by atoms with Crippen LogP contribution in [-0.4, -0.2) is 41.7 Å². The summed E-state index contributed by atoms with van der Waals surface area (Å²) in [4.78, 5) is 13.4. The second kappa shape index (κ2) is 5.32. The van der Waals surface area contributed by atoms with E-state index in [1.165, 1.54) is 0 Å². The highest BCUT2D eigenvalue weighted by Crippen LogP contribution is 2.15. The van der Waals surface area contributed by atoms with Gasteiger partial charge in [-0.2, -0.15) is 0 Å². The lowest BCUT2D eigenvalue weighted by atomic mass is 10.0. The van der Waals surface area contributed by atoms with Gasteiger partial charge < -0.3 is 15.7 Å². The largest absolute Gasteiger partial charge is 0.394 e. The van der Waals surface area contributed by atoms with Crippen molar-refractivity contribution in [2.45, 2.75) is 32.7 Å². The molecule has 0 aliphatic heterocycles. The van der Waals surface area contributed by atoms with Gasteiger partial charge in [0.05, 0.1) is 12.1 Å². The third-order valence-electron chi connectivity index (χ3n) is 2.65. The molecule has 0 saturated heterocycles. The Morgan fingerprint density at radius 3 is 2.43 bits per heavy atom. The highest BCUT2D eigenvalue weighted by Gasteiger charge is 2.29. The number of hydrogen-bond acceptors (Lipinski definition) is 3. The van der Waals surface area contributed by atoms with E-state index in [0.29, 0.717) is 13.0 Å². The van der Waals surface area contributed by atoms with Crippen molar-refractivity contribution in [1.29, 1.82) is 0 Å². The zero-order valence-corrected chi connectivity index (χ0v) is 9.58. The van der Waals surface area contributed by atoms with E-state index in [-0.39, 0.29) is 18.4 Å². The maximum Gasteiger partial charge on any atom is 0.225 e. The summed E-state index contributed by atoms with van der Waals surface area (Å²) in [5, 5.41) is 9.11. The van der Waals surface area contributed by atoms with Crippen LogP contribution in [0.2, 0.25) is 0 Å². The Morgan fingerprint density at radius 1 is 1.57 bits per heavy atom. The highest BCUT2D eigenvalue weighted by atomic mass is 16.3. The van der Waals surface area contributed by atoms with Crippen molar-refractivity contribution in [3.63, 3.8) is 0 Å². The fourth-order valence-electron chi connectivity index (χ4n) is 1.11. The van der Waals surface area contributed by atoms with Crippen molar-refractivity contribution in [3.8, 4) is 0 Å². The summed E-state index contributed by atoms with van der Waals surface area (Å²) >= 11 is 0. The zero-order valence-electron chi connectivity index (χ0n) is 9.58. The molecule has 0 aromatic rings. The van der Waals surface area contributed by atoms with Gasteiger partial charge in [0.1, 0.15) is 0 Å². The first kappa shape index (κ1) is 13.4. The summed E-state index contributed by atoms with van der Waals surface area (Å²) in [6.45, 7) is 6.00. The second-order valence-corrected chi connectivity index (χ2v) is 4.35. The van der Waals surface area contributed by atoms with E-state index in [1.807, 2.05) is 20.8 Å². The van der Waals surface area contributed by atoms with Crippen molar-refractivity contribution in [2.24, 2.45) is 11.7 Å². The first-order chi connectivity index (χ1) is 6.36. The molecule has 0 aromatic heterocycles. The van der Waals surface area contributed by atoms with Gasteiger partial charge in [0.2, 0.25) is 5.91 Å². The van der Waals surface area contributed by atoms with E-state index < -0.39 is 5.54 Å². The molecule has 0 aliphatic rings. The molecule has 0 heterocycles. The normalized spacial score (nSPS) is 13.9. The molecule has 14 heavy (non-hydrogen) atoms. The summed E-state index contributed by atoms with van der Waals surface area (Å²) in [5.74, 6) is -0.0367. The average Bonchev–Trinajstić information content (AvgIpc) is 2.15. The summed E-state index contributed by atoms with van der Waals surface area (Å²) in [5.41, 5.74) is 4.89. The average molecular weight is 202 g/mol. The van der Waals surface area contributed by atoms with Gasteiger partial charge in [-0.3, -0.25) is 4.79 Å². The molecule has 0 fully saturated rings. The molecule has 0 aromatic carbocycles. The minimum Gasteiger partial charge on any atom is -0.394 e. The smallest absolute Gasteiger partial charge is 0.225 e. The Hall–Kier alpha value is -0.610. The van der Waals surface area contributed by atoms with Crippen molar-refractivity contribution in [2.75, 3.05) is 20.2 Å². The quantitative estimate of drug-likeness (QED) is 0.669. The zero-order chi connectivity index (χ0) is 11.4. The Labute approximate surface area is 86.1 Å². The number of rotatable bonds is 5. The molecule has 4 heteroatoms. The number of aliphatic hydroxyl groups excluding tert-OH is 1. The standard InChI is InChI=1S/C10H22N2O2/c1-8(5-6-11)9(14)12(4)10(2,3)7-13/h8,13H,5-7,11H2,1-4H3. The topological polar surface area (TPSA) is 66.6 Å². The van der Waals surface area contributed by atoms with E-state index in [4.69, 9.17) is 10.8 Å². The van der Waals surface area contributed by atoms with Gasteiger partial charge in [0.15, 0.2) is 0 Å². The van der Waals surface area contributed by atoms with E-state index in [2.05, 4.69) is 0 Å². The molecule has 0 rings (SSSR count). The fraction of sp³-hybridized carbons (Fsp3) is 0.900. The van der Waals surface area contributed by atoms with Crippen LogP contribution in [0.4, 0.5) is 0 Å². The third-order valence-corrected chi connectivity index (χ3v) is 2.65. The van der Waals surface area contributed by atoms with Crippen LogP contribution in [0.15, 0.2) is 0 Å². The third kappa shape index (κ3) is 3.27. The van der Waals surface area contributed by atoms with Crippen LogP contribution >= 0.6 is 0 Å². The molecule has 1 atom stereocenters. The van der Waals surface area contributed by atoms with Crippen LogP contribution in [0, 0.1) is 5.92 Å². The van der Waals surface area contributed by atoms with Gasteiger partial charge in [-0.05, 0) is 26.8 Å². The summed E-state index contributed by atoms with van der Waals surface area (Å²) in [6, 6.07) is 0. The molecule has 1 unspecified atom stereocenters. The predicted molar refractivity (Wildman–Crippen MR) is 56.8 cm³/mol. The Kier molecular flexibility index (Phi) is 5.08. The summed E-state index contributed by atoms with van der Waals surface area (Å²) in [6.07, 6.45) is 0.685. The van der Waals surface area contributed by atoms with Gasteiger partial charge >= 0.3 is 0 Å². The number of aliphatic hydroxyl groups is 1. The monoisotopic (exact) mass is 202 g/mol. The lowest BCUT2D eigenvalue weighted by Crippen LogP contribution is -2.49. The second-order valence-electron chi connectivity index (χ2n) is 4.35. The van der Waals surface area contributed by atoms with Gasteiger partial charge in [-0.25, -0.2) is 0 Å². The number of amides is 1. The minimum atomic E-state index is -0.500.